The summed E-state index contributed by atoms with van der Waals surface area (Å²) in [6.07, 6.45) is 3.29. The summed E-state index contributed by atoms with van der Waals surface area (Å²) in [5.74, 6) is 0. The van der Waals surface area contributed by atoms with Crippen LogP contribution >= 0.6 is 0 Å². The smallest absolute Gasteiger partial charge is 0.235 e. The first-order chi connectivity index (χ1) is 5.55. The van der Waals surface area contributed by atoms with Gasteiger partial charge in [0.2, 0.25) is 10.0 Å². The number of nitrogens with zero attached hydrogens (tertiary/aromatic N) is 1. The molecule has 0 atom stereocenters. The number of rotatable bonds is 3. The van der Waals surface area contributed by atoms with Gasteiger partial charge in [0.05, 0.1) is 6.26 Å². The van der Waals surface area contributed by atoms with Gasteiger partial charge in [-0.15, -0.1) is 0 Å². The Hall–Kier alpha value is -0.810. The van der Waals surface area contributed by atoms with Crippen molar-refractivity contribution >= 4 is 10.0 Å². The van der Waals surface area contributed by atoms with E-state index in [4.69, 9.17) is 5.73 Å². The molecule has 0 bridgehead atoms. The molecule has 0 amide bonds. The summed E-state index contributed by atoms with van der Waals surface area (Å²) < 4.78 is 23.5. The van der Waals surface area contributed by atoms with Crippen molar-refractivity contribution in [3.8, 4) is 0 Å². The summed E-state index contributed by atoms with van der Waals surface area (Å²) in [4.78, 5) is 0. The Balaban J connectivity index is 3.08. The summed E-state index contributed by atoms with van der Waals surface area (Å²) in [6.45, 7) is 0.458. The zero-order valence-electron chi connectivity index (χ0n) is 6.90. The fraction of sp³-hybridized carbons (Fsp3) is 0.429. The fourth-order valence-corrected chi connectivity index (χ4v) is 1.94. The van der Waals surface area contributed by atoms with Gasteiger partial charge >= 0.3 is 0 Å². The molecule has 0 aromatic carbocycles. The van der Waals surface area contributed by atoms with E-state index in [1.807, 2.05) is 0 Å². The van der Waals surface area contributed by atoms with Crippen molar-refractivity contribution in [3.05, 3.63) is 24.0 Å². The summed E-state index contributed by atoms with van der Waals surface area (Å²) in [6, 6.07) is 3.46. The van der Waals surface area contributed by atoms with Crippen LogP contribution in [0.3, 0.4) is 0 Å². The molecule has 1 aromatic heterocycles. The minimum atomic E-state index is -3.15. The third kappa shape index (κ3) is 1.86. The van der Waals surface area contributed by atoms with Crippen LogP contribution < -0.4 is 5.73 Å². The number of hydrogen-bond donors (Lipinski definition) is 1. The summed E-state index contributed by atoms with van der Waals surface area (Å²) in [7, 11) is -3.15. The number of aromatic nitrogens is 1. The van der Waals surface area contributed by atoms with Gasteiger partial charge in [-0.05, 0) is 18.7 Å². The second-order valence-corrected chi connectivity index (χ2v) is 4.46. The fourth-order valence-electron chi connectivity index (χ4n) is 1.07. The van der Waals surface area contributed by atoms with Crippen LogP contribution in [0.5, 0.6) is 0 Å². The van der Waals surface area contributed by atoms with Gasteiger partial charge in [-0.25, -0.2) is 12.4 Å². The van der Waals surface area contributed by atoms with Crippen molar-refractivity contribution in [2.45, 2.75) is 6.42 Å². The molecule has 12 heavy (non-hydrogen) atoms. The maximum absolute atomic E-state index is 11.1. The van der Waals surface area contributed by atoms with E-state index in [2.05, 4.69) is 0 Å². The lowest BCUT2D eigenvalue weighted by Crippen LogP contribution is -2.14. The predicted molar refractivity (Wildman–Crippen MR) is 47.4 cm³/mol. The average Bonchev–Trinajstić information content (AvgIpc) is 2.34. The molecule has 0 saturated heterocycles. The van der Waals surface area contributed by atoms with Gasteiger partial charge in [0.15, 0.2) is 0 Å². The molecule has 0 aliphatic heterocycles. The van der Waals surface area contributed by atoms with Crippen LogP contribution in [0.15, 0.2) is 18.3 Å². The largest absolute Gasteiger partial charge is 0.330 e. The third-order valence-electron chi connectivity index (χ3n) is 1.55. The number of nitrogens with two attached hydrogens (primary N) is 1. The van der Waals surface area contributed by atoms with Gasteiger partial charge in [-0.2, -0.15) is 0 Å². The van der Waals surface area contributed by atoms with Crippen LogP contribution in [0.4, 0.5) is 0 Å². The van der Waals surface area contributed by atoms with Crippen molar-refractivity contribution in [2.24, 2.45) is 5.73 Å². The van der Waals surface area contributed by atoms with Gasteiger partial charge < -0.3 is 5.73 Å². The molecule has 1 rings (SSSR count). The molecule has 5 heteroatoms. The molecule has 0 radical (unpaired) electrons. The molecular formula is C7H12N2O2S. The zero-order valence-corrected chi connectivity index (χ0v) is 7.71. The molecule has 1 heterocycles. The lowest BCUT2D eigenvalue weighted by Gasteiger charge is -2.04. The molecule has 0 spiro atoms. The molecule has 1 aromatic rings. The van der Waals surface area contributed by atoms with Gasteiger partial charge in [0.1, 0.15) is 0 Å². The SMILES string of the molecule is CS(=O)(=O)n1cccc1CCN. The lowest BCUT2D eigenvalue weighted by molar-refractivity contribution is 0.591. The molecular weight excluding hydrogens is 176 g/mol. The Morgan fingerprint density at radius 3 is 2.75 bits per heavy atom. The summed E-state index contributed by atoms with van der Waals surface area (Å²) in [5, 5.41) is 0. The van der Waals surface area contributed by atoms with E-state index in [1.54, 1.807) is 12.1 Å². The first-order valence-corrected chi connectivity index (χ1v) is 5.47. The van der Waals surface area contributed by atoms with E-state index in [9.17, 15) is 8.42 Å². The molecule has 0 fully saturated rings. The van der Waals surface area contributed by atoms with E-state index < -0.39 is 10.0 Å². The van der Waals surface area contributed by atoms with Gasteiger partial charge in [-0.1, -0.05) is 0 Å². The molecule has 0 unspecified atom stereocenters. The van der Waals surface area contributed by atoms with Gasteiger partial charge in [-0.3, -0.25) is 0 Å². The molecule has 0 saturated carbocycles. The normalized spacial score (nSPS) is 11.8. The lowest BCUT2D eigenvalue weighted by atomic mass is 10.3. The molecule has 2 N–H and O–H groups in total. The highest BCUT2D eigenvalue weighted by Crippen LogP contribution is 2.05. The monoisotopic (exact) mass is 188 g/mol. The highest BCUT2D eigenvalue weighted by molar-refractivity contribution is 7.89. The Morgan fingerprint density at radius 1 is 1.58 bits per heavy atom. The quantitative estimate of drug-likeness (QED) is 0.714. The van der Waals surface area contributed by atoms with Crippen LogP contribution in [-0.2, 0) is 16.4 Å². The maximum atomic E-state index is 11.1. The van der Waals surface area contributed by atoms with Crippen molar-refractivity contribution in [1.82, 2.24) is 3.97 Å². The van der Waals surface area contributed by atoms with Gasteiger partial charge in [0.25, 0.3) is 0 Å². The maximum Gasteiger partial charge on any atom is 0.235 e. The molecule has 4 nitrogen and oxygen atoms in total. The van der Waals surface area contributed by atoms with E-state index >= 15 is 0 Å². The Morgan fingerprint density at radius 2 is 2.25 bits per heavy atom. The van der Waals surface area contributed by atoms with E-state index in [0.29, 0.717) is 13.0 Å². The minimum Gasteiger partial charge on any atom is -0.330 e. The zero-order chi connectivity index (χ0) is 9.19. The van der Waals surface area contributed by atoms with E-state index in [0.717, 1.165) is 5.69 Å². The van der Waals surface area contributed by atoms with Crippen LogP contribution in [0.25, 0.3) is 0 Å². The average molecular weight is 188 g/mol. The Bertz CT molecular complexity index is 353. The van der Waals surface area contributed by atoms with Crippen molar-refractivity contribution in [3.63, 3.8) is 0 Å². The standard InChI is InChI=1S/C7H12N2O2S/c1-12(10,11)9-6-2-3-7(9)4-5-8/h2-3,6H,4-5,8H2,1H3. The van der Waals surface area contributed by atoms with E-state index in [-0.39, 0.29) is 0 Å². The van der Waals surface area contributed by atoms with E-state index in [1.165, 1.54) is 16.4 Å². The van der Waals surface area contributed by atoms with Crippen molar-refractivity contribution in [2.75, 3.05) is 12.8 Å². The first kappa shape index (κ1) is 9.28. The number of hydrogen-bond acceptors (Lipinski definition) is 3. The van der Waals surface area contributed by atoms with Crippen molar-refractivity contribution < 1.29 is 8.42 Å². The second-order valence-electron chi connectivity index (χ2n) is 2.60. The van der Waals surface area contributed by atoms with Crippen LogP contribution in [0.2, 0.25) is 0 Å². The molecule has 0 aliphatic rings. The Labute approximate surface area is 72.0 Å². The second kappa shape index (κ2) is 3.28. The van der Waals surface area contributed by atoms with Crippen LogP contribution in [0.1, 0.15) is 5.69 Å². The Kier molecular flexibility index (Phi) is 2.54. The first-order valence-electron chi connectivity index (χ1n) is 3.62. The topological polar surface area (TPSA) is 65.1 Å². The predicted octanol–water partition coefficient (Wildman–Crippen LogP) is -0.203. The summed E-state index contributed by atoms with van der Waals surface area (Å²) >= 11 is 0. The highest BCUT2D eigenvalue weighted by Gasteiger charge is 2.08. The van der Waals surface area contributed by atoms with Crippen LogP contribution in [-0.4, -0.2) is 25.2 Å². The third-order valence-corrected chi connectivity index (χ3v) is 2.62. The van der Waals surface area contributed by atoms with Crippen molar-refractivity contribution in [1.29, 1.82) is 0 Å². The van der Waals surface area contributed by atoms with Crippen LogP contribution in [0, 0.1) is 0 Å². The van der Waals surface area contributed by atoms with Gasteiger partial charge in [0, 0.05) is 18.3 Å². The molecule has 68 valence electrons. The highest BCUT2D eigenvalue weighted by atomic mass is 32.2. The minimum absolute atomic E-state index is 0.458. The molecule has 0 aliphatic carbocycles. The summed E-state index contributed by atoms with van der Waals surface area (Å²) in [5.41, 5.74) is 6.06.